The Bertz CT molecular complexity index is 654. The van der Waals surface area contributed by atoms with E-state index in [4.69, 9.17) is 4.42 Å². The summed E-state index contributed by atoms with van der Waals surface area (Å²) in [5.41, 5.74) is 0.165. The summed E-state index contributed by atoms with van der Waals surface area (Å²) in [5, 5.41) is 12.2. The van der Waals surface area contributed by atoms with Crippen LogP contribution in [0, 0.1) is 5.92 Å². The molecule has 1 aliphatic carbocycles. The number of oxazole rings is 1. The van der Waals surface area contributed by atoms with Crippen LogP contribution in [0.4, 0.5) is 0 Å². The summed E-state index contributed by atoms with van der Waals surface area (Å²) in [6, 6.07) is 8.88. The van der Waals surface area contributed by atoms with E-state index in [9.17, 15) is 14.7 Å². The van der Waals surface area contributed by atoms with Gasteiger partial charge < -0.3 is 14.8 Å². The molecule has 3 rings (SSSR count). The number of carbonyl (C=O) groups excluding carboxylic acids is 1. The molecule has 1 aliphatic rings. The second-order valence-electron chi connectivity index (χ2n) is 5.10. The zero-order chi connectivity index (χ0) is 14.9. The van der Waals surface area contributed by atoms with Crippen LogP contribution in [0.2, 0.25) is 0 Å². The van der Waals surface area contributed by atoms with Gasteiger partial charge in [0.2, 0.25) is 5.91 Å². The van der Waals surface area contributed by atoms with E-state index in [2.05, 4.69) is 10.3 Å². The Labute approximate surface area is 120 Å². The smallest absolute Gasteiger partial charge is 0.314 e. The number of benzene rings is 1. The van der Waals surface area contributed by atoms with Crippen LogP contribution in [0.5, 0.6) is 0 Å². The quantitative estimate of drug-likeness (QED) is 0.865. The largest absolute Gasteiger partial charge is 0.481 e. The first-order valence-corrected chi connectivity index (χ1v) is 6.58. The maximum Gasteiger partial charge on any atom is 0.314 e. The molecule has 2 atom stereocenters. The lowest BCUT2D eigenvalue weighted by Gasteiger charge is -2.12. The minimum absolute atomic E-state index is 0.232. The molecule has 0 spiro atoms. The van der Waals surface area contributed by atoms with E-state index in [-0.39, 0.29) is 12.5 Å². The highest BCUT2D eigenvalue weighted by molar-refractivity contribution is 5.97. The Balaban J connectivity index is 1.72. The number of amides is 1. The average molecular weight is 286 g/mol. The zero-order valence-electron chi connectivity index (χ0n) is 11.2. The van der Waals surface area contributed by atoms with Crippen LogP contribution in [0.15, 0.2) is 47.4 Å². The van der Waals surface area contributed by atoms with Gasteiger partial charge in [0, 0.05) is 0 Å². The van der Waals surface area contributed by atoms with E-state index in [0.717, 1.165) is 0 Å². The van der Waals surface area contributed by atoms with Gasteiger partial charge in [-0.3, -0.25) is 9.59 Å². The number of nitrogens with zero attached hydrogens (tertiary/aromatic N) is 1. The molecule has 1 aromatic heterocycles. The summed E-state index contributed by atoms with van der Waals surface area (Å²) in [6.45, 7) is 0.232. The van der Waals surface area contributed by atoms with Gasteiger partial charge in [0.05, 0.1) is 18.2 Å². The van der Waals surface area contributed by atoms with E-state index >= 15 is 0 Å². The van der Waals surface area contributed by atoms with Crippen LogP contribution < -0.4 is 5.32 Å². The maximum atomic E-state index is 12.2. The molecule has 1 amide bonds. The Morgan fingerprint density at radius 2 is 2.14 bits per heavy atom. The predicted octanol–water partition coefficient (Wildman–Crippen LogP) is 1.33. The molecule has 0 unspecified atom stereocenters. The lowest BCUT2D eigenvalue weighted by atomic mass is 9.93. The van der Waals surface area contributed by atoms with Crippen molar-refractivity contribution in [3.05, 3.63) is 54.2 Å². The lowest BCUT2D eigenvalue weighted by Crippen LogP contribution is -2.31. The van der Waals surface area contributed by atoms with Gasteiger partial charge in [-0.15, -0.1) is 0 Å². The molecule has 1 fully saturated rings. The number of nitrogens with one attached hydrogen (secondary N) is 1. The van der Waals surface area contributed by atoms with Crippen LogP contribution in [0.25, 0.3) is 0 Å². The average Bonchev–Trinajstić information content (AvgIpc) is 3.06. The third-order valence-electron chi connectivity index (χ3n) is 3.88. The number of hydrogen-bond donors (Lipinski definition) is 2. The molecule has 1 saturated carbocycles. The maximum absolute atomic E-state index is 12.2. The summed E-state index contributed by atoms with van der Waals surface area (Å²) < 4.78 is 4.81. The Kier molecular flexibility index (Phi) is 3.21. The molecule has 6 heteroatoms. The van der Waals surface area contributed by atoms with Gasteiger partial charge in [-0.25, -0.2) is 4.98 Å². The second kappa shape index (κ2) is 5.05. The Morgan fingerprint density at radius 1 is 1.38 bits per heavy atom. The molecule has 2 N–H and O–H groups in total. The minimum atomic E-state index is -1.10. The van der Waals surface area contributed by atoms with Crippen molar-refractivity contribution in [3.63, 3.8) is 0 Å². The molecule has 21 heavy (non-hydrogen) atoms. The molecular formula is C15H14N2O4. The standard InChI is InChI=1S/C15H14N2O4/c18-13(16-7-11-8-21-9-17-11)12-6-15(12,14(19)20)10-4-2-1-3-5-10/h1-5,8-9,12H,6-7H2,(H,16,18)(H,19,20)/t12-,15+/m1/s1. The van der Waals surface area contributed by atoms with Crippen molar-refractivity contribution in [1.29, 1.82) is 0 Å². The van der Waals surface area contributed by atoms with Gasteiger partial charge >= 0.3 is 5.97 Å². The molecular weight excluding hydrogens is 272 g/mol. The fraction of sp³-hybridized carbons (Fsp3) is 0.267. The molecule has 1 aromatic carbocycles. The third-order valence-corrected chi connectivity index (χ3v) is 3.88. The fourth-order valence-electron chi connectivity index (χ4n) is 2.62. The van der Waals surface area contributed by atoms with Crippen molar-refractivity contribution < 1.29 is 19.1 Å². The predicted molar refractivity (Wildman–Crippen MR) is 72.2 cm³/mol. The van der Waals surface area contributed by atoms with Crippen molar-refractivity contribution >= 4 is 11.9 Å². The minimum Gasteiger partial charge on any atom is -0.481 e. The Hall–Kier alpha value is -2.63. The highest BCUT2D eigenvalue weighted by Gasteiger charge is 2.65. The number of aliphatic carboxylic acids is 1. The van der Waals surface area contributed by atoms with Crippen molar-refractivity contribution in [3.8, 4) is 0 Å². The van der Waals surface area contributed by atoms with Crippen molar-refractivity contribution in [2.75, 3.05) is 0 Å². The number of carboxylic acid groups (broad SMARTS) is 1. The van der Waals surface area contributed by atoms with E-state index in [1.54, 1.807) is 24.3 Å². The SMILES string of the molecule is O=C(NCc1cocn1)[C@H]1C[C@]1(C(=O)O)c1ccccc1. The van der Waals surface area contributed by atoms with E-state index in [1.807, 2.05) is 6.07 Å². The van der Waals surface area contributed by atoms with Gasteiger partial charge in [0.1, 0.15) is 11.7 Å². The molecule has 0 aliphatic heterocycles. The van der Waals surface area contributed by atoms with Crippen molar-refractivity contribution in [2.24, 2.45) is 5.92 Å². The first-order chi connectivity index (χ1) is 10.1. The van der Waals surface area contributed by atoms with E-state index in [0.29, 0.717) is 17.7 Å². The number of carboxylic acids is 1. The van der Waals surface area contributed by atoms with Crippen LogP contribution in [0.1, 0.15) is 17.7 Å². The molecule has 0 saturated heterocycles. The summed E-state index contributed by atoms with van der Waals surface area (Å²) >= 11 is 0. The van der Waals surface area contributed by atoms with E-state index < -0.39 is 17.3 Å². The molecule has 2 aromatic rings. The van der Waals surface area contributed by atoms with Crippen molar-refractivity contribution in [2.45, 2.75) is 18.4 Å². The van der Waals surface area contributed by atoms with Crippen LogP contribution in [0.3, 0.4) is 0 Å². The van der Waals surface area contributed by atoms with Gasteiger partial charge in [-0.05, 0) is 12.0 Å². The molecule has 0 radical (unpaired) electrons. The number of aromatic nitrogens is 1. The topological polar surface area (TPSA) is 92.4 Å². The number of carbonyl (C=O) groups is 2. The fourth-order valence-corrected chi connectivity index (χ4v) is 2.62. The normalized spacial score (nSPS) is 23.5. The van der Waals surface area contributed by atoms with Gasteiger partial charge in [-0.1, -0.05) is 30.3 Å². The first-order valence-electron chi connectivity index (χ1n) is 6.58. The van der Waals surface area contributed by atoms with Gasteiger partial charge in [0.25, 0.3) is 0 Å². The van der Waals surface area contributed by atoms with Crippen LogP contribution in [-0.2, 0) is 21.5 Å². The van der Waals surface area contributed by atoms with Crippen molar-refractivity contribution in [1.82, 2.24) is 10.3 Å². The summed E-state index contributed by atoms with van der Waals surface area (Å²) in [4.78, 5) is 27.7. The summed E-state index contributed by atoms with van der Waals surface area (Å²) in [6.07, 6.45) is 3.04. The summed E-state index contributed by atoms with van der Waals surface area (Å²) in [7, 11) is 0. The molecule has 108 valence electrons. The molecule has 1 heterocycles. The number of hydrogen-bond acceptors (Lipinski definition) is 4. The van der Waals surface area contributed by atoms with Crippen LogP contribution >= 0.6 is 0 Å². The van der Waals surface area contributed by atoms with E-state index in [1.165, 1.54) is 12.7 Å². The first kappa shape index (κ1) is 13.4. The van der Waals surface area contributed by atoms with Gasteiger partial charge in [0.15, 0.2) is 6.39 Å². The monoisotopic (exact) mass is 286 g/mol. The summed E-state index contributed by atoms with van der Waals surface area (Å²) in [5.74, 6) is -1.79. The van der Waals surface area contributed by atoms with Gasteiger partial charge in [-0.2, -0.15) is 0 Å². The highest BCUT2D eigenvalue weighted by atomic mass is 16.4. The molecule has 0 bridgehead atoms. The van der Waals surface area contributed by atoms with Crippen LogP contribution in [-0.4, -0.2) is 22.0 Å². The highest BCUT2D eigenvalue weighted by Crippen LogP contribution is 2.54. The third kappa shape index (κ3) is 2.29. The zero-order valence-corrected chi connectivity index (χ0v) is 11.2. The Morgan fingerprint density at radius 3 is 2.76 bits per heavy atom. The second-order valence-corrected chi connectivity index (χ2v) is 5.10. The number of rotatable bonds is 5. The molecule has 6 nitrogen and oxygen atoms in total. The lowest BCUT2D eigenvalue weighted by molar-refractivity contribution is -0.141.